The summed E-state index contributed by atoms with van der Waals surface area (Å²) in [6, 6.07) is 8.81. The Hall–Kier alpha value is -2.62. The first-order chi connectivity index (χ1) is 12.8. The van der Waals surface area contributed by atoms with Gasteiger partial charge in [-0.2, -0.15) is 0 Å². The average Bonchev–Trinajstić information content (AvgIpc) is 3.31. The Morgan fingerprint density at radius 3 is 2.67 bits per heavy atom. The number of hydrogen-bond acceptors (Lipinski definition) is 7. The Balaban J connectivity index is 1.75. The van der Waals surface area contributed by atoms with Crippen molar-refractivity contribution in [3.8, 4) is 11.5 Å². The molecule has 0 radical (unpaired) electrons. The molecule has 0 aliphatic rings. The molecule has 2 aromatic heterocycles. The fraction of sp³-hybridized carbons (Fsp3) is 0.176. The highest BCUT2D eigenvalue weighted by atomic mass is 35.5. The van der Waals surface area contributed by atoms with E-state index in [-0.39, 0.29) is 22.1 Å². The monoisotopic (exact) mass is 410 g/mol. The van der Waals surface area contributed by atoms with Gasteiger partial charge in [0.25, 0.3) is 0 Å². The van der Waals surface area contributed by atoms with E-state index in [1.807, 2.05) is 0 Å². The van der Waals surface area contributed by atoms with Crippen LogP contribution in [0.4, 0.5) is 0 Å². The molecular formula is C17H15ClN2O6S. The van der Waals surface area contributed by atoms with E-state index in [0.717, 1.165) is 4.31 Å². The summed E-state index contributed by atoms with van der Waals surface area (Å²) >= 11 is 6.02. The van der Waals surface area contributed by atoms with Crippen LogP contribution in [0.2, 0.25) is 5.02 Å². The number of nitrogens with zero attached hydrogens (tertiary/aromatic N) is 2. The maximum absolute atomic E-state index is 12.3. The quantitative estimate of drug-likeness (QED) is 0.575. The Kier molecular flexibility index (Phi) is 5.36. The average molecular weight is 411 g/mol. The smallest absolute Gasteiger partial charge is 0.340 e. The molecule has 3 aromatic rings. The number of carbonyl (C=O) groups is 1. The fourth-order valence-corrected chi connectivity index (χ4v) is 3.29. The van der Waals surface area contributed by atoms with Crippen LogP contribution in [0.5, 0.6) is 0 Å². The zero-order valence-electron chi connectivity index (χ0n) is 14.4. The number of halogens is 1. The number of carbonyl (C=O) groups excluding carboxylic acids is 1. The molecule has 0 amide bonds. The second kappa shape index (κ2) is 7.55. The van der Waals surface area contributed by atoms with Crippen LogP contribution in [-0.4, -0.2) is 37.9 Å². The Labute approximate surface area is 160 Å². The predicted octanol–water partition coefficient (Wildman–Crippen LogP) is 3.20. The number of esters is 1. The zero-order chi connectivity index (χ0) is 19.6. The maximum Gasteiger partial charge on any atom is 0.340 e. The van der Waals surface area contributed by atoms with E-state index in [9.17, 15) is 13.2 Å². The second-order valence-corrected chi connectivity index (χ2v) is 8.22. The van der Waals surface area contributed by atoms with Gasteiger partial charge < -0.3 is 13.7 Å². The van der Waals surface area contributed by atoms with E-state index < -0.39 is 16.0 Å². The molecule has 0 aliphatic heterocycles. The number of ether oxygens (including phenoxy) is 1. The number of rotatable bonds is 6. The summed E-state index contributed by atoms with van der Waals surface area (Å²) in [5.74, 6) is 0.103. The first-order valence-electron chi connectivity index (χ1n) is 7.67. The molecule has 1 aromatic carbocycles. The summed E-state index contributed by atoms with van der Waals surface area (Å²) in [7, 11) is -0.925. The minimum absolute atomic E-state index is 0.0608. The lowest BCUT2D eigenvalue weighted by molar-refractivity contribution is 0.0464. The largest absolute Gasteiger partial charge is 0.461 e. The Bertz CT molecular complexity index is 1060. The van der Waals surface area contributed by atoms with Gasteiger partial charge in [0.2, 0.25) is 15.8 Å². The SMILES string of the molecule is CN(C)S(=O)(=O)c1ccc(Cl)c(C(=O)OCc2cc(-c3ccco3)on2)c1. The van der Waals surface area contributed by atoms with Gasteiger partial charge in [-0.1, -0.05) is 16.8 Å². The van der Waals surface area contributed by atoms with Crippen molar-refractivity contribution in [1.29, 1.82) is 0 Å². The van der Waals surface area contributed by atoms with Crippen molar-refractivity contribution in [3.05, 3.63) is 58.9 Å². The summed E-state index contributed by atoms with van der Waals surface area (Å²) < 4.78 is 40.9. The normalized spacial score (nSPS) is 11.7. The summed E-state index contributed by atoms with van der Waals surface area (Å²) in [6.45, 7) is -0.177. The molecule has 3 rings (SSSR count). The molecule has 0 spiro atoms. The second-order valence-electron chi connectivity index (χ2n) is 5.67. The first kappa shape index (κ1) is 19.2. The summed E-state index contributed by atoms with van der Waals surface area (Å²) in [4.78, 5) is 12.3. The van der Waals surface area contributed by atoms with Crippen LogP contribution in [0, 0.1) is 0 Å². The highest BCUT2D eigenvalue weighted by Crippen LogP contribution is 2.24. The van der Waals surface area contributed by atoms with Crippen LogP contribution >= 0.6 is 11.6 Å². The van der Waals surface area contributed by atoms with Gasteiger partial charge in [0, 0.05) is 20.2 Å². The highest BCUT2D eigenvalue weighted by molar-refractivity contribution is 7.89. The van der Waals surface area contributed by atoms with E-state index in [1.165, 1.54) is 38.6 Å². The van der Waals surface area contributed by atoms with Gasteiger partial charge in [-0.15, -0.1) is 0 Å². The molecule has 0 saturated carbocycles. The lowest BCUT2D eigenvalue weighted by atomic mass is 10.2. The lowest BCUT2D eigenvalue weighted by Crippen LogP contribution is -2.22. The fourth-order valence-electron chi connectivity index (χ4n) is 2.16. The van der Waals surface area contributed by atoms with Crippen molar-refractivity contribution >= 4 is 27.6 Å². The number of sulfonamides is 1. The van der Waals surface area contributed by atoms with Gasteiger partial charge in [0.05, 0.1) is 21.7 Å². The van der Waals surface area contributed by atoms with Crippen molar-refractivity contribution in [3.63, 3.8) is 0 Å². The molecule has 0 saturated heterocycles. The maximum atomic E-state index is 12.3. The molecule has 0 N–H and O–H groups in total. The summed E-state index contributed by atoms with van der Waals surface area (Å²) in [6.07, 6.45) is 1.49. The van der Waals surface area contributed by atoms with Gasteiger partial charge in [0.15, 0.2) is 5.76 Å². The van der Waals surface area contributed by atoms with E-state index >= 15 is 0 Å². The Morgan fingerprint density at radius 1 is 1.22 bits per heavy atom. The third kappa shape index (κ3) is 4.05. The van der Waals surface area contributed by atoms with Crippen LogP contribution in [0.3, 0.4) is 0 Å². The van der Waals surface area contributed by atoms with Crippen LogP contribution in [-0.2, 0) is 21.4 Å². The predicted molar refractivity (Wildman–Crippen MR) is 95.6 cm³/mol. The molecular weight excluding hydrogens is 396 g/mol. The minimum Gasteiger partial charge on any atom is -0.461 e. The van der Waals surface area contributed by atoms with E-state index in [1.54, 1.807) is 18.2 Å². The molecule has 0 fully saturated rings. The van der Waals surface area contributed by atoms with Crippen molar-refractivity contribution in [2.24, 2.45) is 0 Å². The highest BCUT2D eigenvalue weighted by Gasteiger charge is 2.22. The molecule has 8 nitrogen and oxygen atoms in total. The van der Waals surface area contributed by atoms with Crippen LogP contribution in [0.1, 0.15) is 16.1 Å². The van der Waals surface area contributed by atoms with Crippen molar-refractivity contribution in [1.82, 2.24) is 9.46 Å². The Morgan fingerprint density at radius 2 is 2.00 bits per heavy atom. The van der Waals surface area contributed by atoms with E-state index in [4.69, 9.17) is 25.3 Å². The van der Waals surface area contributed by atoms with Crippen LogP contribution in [0.25, 0.3) is 11.5 Å². The lowest BCUT2D eigenvalue weighted by Gasteiger charge is -2.12. The van der Waals surface area contributed by atoms with Gasteiger partial charge in [0.1, 0.15) is 12.3 Å². The van der Waals surface area contributed by atoms with Crippen molar-refractivity contribution in [2.45, 2.75) is 11.5 Å². The van der Waals surface area contributed by atoms with E-state index in [2.05, 4.69) is 5.16 Å². The molecule has 0 bridgehead atoms. The van der Waals surface area contributed by atoms with Crippen molar-refractivity contribution < 1.29 is 26.9 Å². The first-order valence-corrected chi connectivity index (χ1v) is 9.49. The van der Waals surface area contributed by atoms with Gasteiger partial charge >= 0.3 is 5.97 Å². The molecule has 2 heterocycles. The number of furan rings is 1. The third-order valence-corrected chi connectivity index (χ3v) is 5.75. The number of aromatic nitrogens is 1. The molecule has 0 atom stereocenters. The number of benzene rings is 1. The third-order valence-electron chi connectivity index (χ3n) is 3.61. The number of hydrogen-bond donors (Lipinski definition) is 0. The van der Waals surface area contributed by atoms with Gasteiger partial charge in [-0.3, -0.25) is 0 Å². The van der Waals surface area contributed by atoms with Crippen LogP contribution < -0.4 is 0 Å². The van der Waals surface area contributed by atoms with Crippen LogP contribution in [0.15, 0.2) is 56.5 Å². The van der Waals surface area contributed by atoms with E-state index in [0.29, 0.717) is 17.2 Å². The molecule has 10 heteroatoms. The summed E-state index contributed by atoms with van der Waals surface area (Å²) in [5.41, 5.74) is 0.303. The molecule has 0 unspecified atom stereocenters. The zero-order valence-corrected chi connectivity index (χ0v) is 16.0. The topological polar surface area (TPSA) is 103 Å². The molecule has 142 valence electrons. The molecule has 27 heavy (non-hydrogen) atoms. The van der Waals surface area contributed by atoms with Gasteiger partial charge in [-0.25, -0.2) is 17.5 Å². The summed E-state index contributed by atoms with van der Waals surface area (Å²) in [5, 5.41) is 3.87. The van der Waals surface area contributed by atoms with Gasteiger partial charge in [-0.05, 0) is 30.3 Å². The minimum atomic E-state index is -3.71. The standard InChI is InChI=1S/C17H15ClN2O6S/c1-20(2)27(22,23)12-5-6-14(18)13(9-12)17(21)25-10-11-8-16(26-19-11)15-4-3-7-24-15/h3-9H,10H2,1-2H3. The van der Waals surface area contributed by atoms with Crippen molar-refractivity contribution in [2.75, 3.05) is 14.1 Å². The molecule has 0 aliphatic carbocycles.